The van der Waals surface area contributed by atoms with Crippen molar-refractivity contribution >= 4 is 24.8 Å². The molecule has 0 radical (unpaired) electrons. The zero-order valence-electron chi connectivity index (χ0n) is 15.1. The van der Waals surface area contributed by atoms with Crippen molar-refractivity contribution in [3.05, 3.63) is 34.9 Å². The molecule has 2 amide bonds. The first kappa shape index (κ1) is 21.0. The Balaban J connectivity index is 1.65. The van der Waals surface area contributed by atoms with E-state index < -0.39 is 7.12 Å². The summed E-state index contributed by atoms with van der Waals surface area (Å²) in [7, 11) is -1.22. The number of benzene rings is 1. The quantitative estimate of drug-likeness (QED) is 0.410. The van der Waals surface area contributed by atoms with E-state index in [0.29, 0.717) is 23.8 Å². The van der Waals surface area contributed by atoms with Gasteiger partial charge in [0.25, 0.3) is 0 Å². The predicted octanol–water partition coefficient (Wildman–Crippen LogP) is 2.23. The molecular weight excluding hydrogens is 352 g/mol. The number of likely N-dealkylation sites (tertiary alicyclic amines) is 1. The van der Waals surface area contributed by atoms with Crippen molar-refractivity contribution in [1.29, 1.82) is 0 Å². The molecule has 1 aliphatic rings. The van der Waals surface area contributed by atoms with E-state index >= 15 is 0 Å². The fraction of sp³-hybridized carbons (Fsp3) is 0.611. The smallest absolute Gasteiger partial charge is 0.427 e. The number of piperidine rings is 1. The second-order valence-corrected chi connectivity index (χ2v) is 7.48. The summed E-state index contributed by atoms with van der Waals surface area (Å²) in [6, 6.07) is 7.52. The molecule has 1 aromatic carbocycles. The summed E-state index contributed by atoms with van der Waals surface area (Å²) in [5.41, 5.74) is 7.30. The Morgan fingerprint density at radius 2 is 1.92 bits per heavy atom. The summed E-state index contributed by atoms with van der Waals surface area (Å²) in [4.78, 5) is 14.1. The number of nitrogens with zero attached hydrogens (tertiary/aromatic N) is 1. The van der Waals surface area contributed by atoms with Crippen molar-refractivity contribution in [3.8, 4) is 0 Å². The SMILES string of the molecule is NC(CCCCB(O)O)C1CCN(C(=O)NCc2ccc(Cl)cc2)CC1. The highest BCUT2D eigenvalue weighted by atomic mass is 35.5. The molecule has 0 saturated carbocycles. The third-order valence-electron chi connectivity index (χ3n) is 5.04. The molecule has 2 rings (SSSR count). The lowest BCUT2D eigenvalue weighted by Gasteiger charge is -2.34. The molecule has 1 atom stereocenters. The molecule has 5 N–H and O–H groups in total. The van der Waals surface area contributed by atoms with Gasteiger partial charge >= 0.3 is 13.1 Å². The van der Waals surface area contributed by atoms with Crippen LogP contribution in [0.1, 0.15) is 37.7 Å². The predicted molar refractivity (Wildman–Crippen MR) is 105 cm³/mol. The lowest BCUT2D eigenvalue weighted by Crippen LogP contribution is -2.47. The van der Waals surface area contributed by atoms with Crippen LogP contribution in [0.2, 0.25) is 11.3 Å². The molecule has 144 valence electrons. The first-order valence-corrected chi connectivity index (χ1v) is 9.72. The number of urea groups is 1. The molecule has 8 heteroatoms. The summed E-state index contributed by atoms with van der Waals surface area (Å²) < 4.78 is 0. The van der Waals surface area contributed by atoms with E-state index in [0.717, 1.165) is 50.8 Å². The fourth-order valence-electron chi connectivity index (χ4n) is 3.37. The number of carbonyl (C=O) groups excluding carboxylic acids is 1. The van der Waals surface area contributed by atoms with E-state index in [4.69, 9.17) is 27.4 Å². The number of halogens is 1. The molecule has 26 heavy (non-hydrogen) atoms. The number of carbonyl (C=O) groups is 1. The number of rotatable bonds is 8. The topological polar surface area (TPSA) is 98.8 Å². The van der Waals surface area contributed by atoms with Crippen molar-refractivity contribution in [1.82, 2.24) is 10.2 Å². The molecule has 6 nitrogen and oxygen atoms in total. The van der Waals surface area contributed by atoms with E-state index in [-0.39, 0.29) is 12.1 Å². The third-order valence-corrected chi connectivity index (χ3v) is 5.29. The average molecular weight is 382 g/mol. The Morgan fingerprint density at radius 1 is 1.27 bits per heavy atom. The van der Waals surface area contributed by atoms with Gasteiger partial charge in [-0.2, -0.15) is 0 Å². The fourth-order valence-corrected chi connectivity index (χ4v) is 3.49. The Morgan fingerprint density at radius 3 is 2.54 bits per heavy atom. The maximum atomic E-state index is 12.3. The van der Waals surface area contributed by atoms with Gasteiger partial charge in [-0.15, -0.1) is 0 Å². The van der Waals surface area contributed by atoms with E-state index in [1.165, 1.54) is 0 Å². The minimum Gasteiger partial charge on any atom is -0.427 e. The maximum absolute atomic E-state index is 12.3. The number of hydrogen-bond donors (Lipinski definition) is 4. The lowest BCUT2D eigenvalue weighted by molar-refractivity contribution is 0.161. The van der Waals surface area contributed by atoms with Crippen molar-refractivity contribution in [2.45, 2.75) is 51.0 Å². The van der Waals surface area contributed by atoms with Crippen LogP contribution in [0.25, 0.3) is 0 Å². The van der Waals surface area contributed by atoms with E-state index in [9.17, 15) is 4.79 Å². The first-order valence-electron chi connectivity index (χ1n) is 9.34. The minimum absolute atomic E-state index is 0.0381. The maximum Gasteiger partial charge on any atom is 0.451 e. The van der Waals surface area contributed by atoms with Gasteiger partial charge < -0.3 is 26.0 Å². The van der Waals surface area contributed by atoms with Crippen LogP contribution in [0.15, 0.2) is 24.3 Å². The molecule has 1 aliphatic heterocycles. The molecule has 0 aliphatic carbocycles. The highest BCUT2D eigenvalue weighted by Gasteiger charge is 2.26. The van der Waals surface area contributed by atoms with Crippen LogP contribution in [-0.4, -0.2) is 47.2 Å². The normalized spacial score (nSPS) is 16.4. The van der Waals surface area contributed by atoms with Gasteiger partial charge in [0, 0.05) is 30.7 Å². The molecule has 1 aromatic rings. The largest absolute Gasteiger partial charge is 0.451 e. The van der Waals surface area contributed by atoms with Gasteiger partial charge in [0.2, 0.25) is 0 Å². The molecule has 1 heterocycles. The Bertz CT molecular complexity index is 551. The highest BCUT2D eigenvalue weighted by molar-refractivity contribution is 6.40. The average Bonchev–Trinajstić information content (AvgIpc) is 2.64. The lowest BCUT2D eigenvalue weighted by atomic mass is 9.82. The van der Waals surface area contributed by atoms with Crippen molar-refractivity contribution in [2.24, 2.45) is 11.7 Å². The van der Waals surface area contributed by atoms with Crippen LogP contribution in [0.4, 0.5) is 4.79 Å². The van der Waals surface area contributed by atoms with Gasteiger partial charge in [-0.1, -0.05) is 36.6 Å². The van der Waals surface area contributed by atoms with Crippen LogP contribution in [0.3, 0.4) is 0 Å². The molecule has 1 unspecified atom stereocenters. The molecule has 0 aromatic heterocycles. The van der Waals surface area contributed by atoms with Crippen molar-refractivity contribution in [2.75, 3.05) is 13.1 Å². The van der Waals surface area contributed by atoms with E-state index in [2.05, 4.69) is 5.32 Å². The number of unbranched alkanes of at least 4 members (excludes halogenated alkanes) is 1. The van der Waals surface area contributed by atoms with Gasteiger partial charge in [-0.25, -0.2) is 4.79 Å². The Labute approximate surface area is 160 Å². The monoisotopic (exact) mass is 381 g/mol. The summed E-state index contributed by atoms with van der Waals surface area (Å²) in [5, 5.41) is 21.3. The highest BCUT2D eigenvalue weighted by Crippen LogP contribution is 2.23. The van der Waals surface area contributed by atoms with E-state index in [1.54, 1.807) is 0 Å². The standard InChI is InChI=1S/C18H29BClN3O3/c20-16-6-4-14(5-7-16)13-22-18(24)23-11-8-15(9-12-23)17(21)3-1-2-10-19(25)26/h4-7,15,17,25-26H,1-3,8-13,21H2,(H,22,24). The summed E-state index contributed by atoms with van der Waals surface area (Å²) in [6.45, 7) is 1.94. The third kappa shape index (κ3) is 7.15. The zero-order valence-corrected chi connectivity index (χ0v) is 15.9. The molecular formula is C18H29BClN3O3. The van der Waals surface area contributed by atoms with Gasteiger partial charge in [-0.05, 0) is 49.2 Å². The number of hydrogen-bond acceptors (Lipinski definition) is 4. The number of nitrogens with one attached hydrogen (secondary N) is 1. The van der Waals surface area contributed by atoms with Crippen LogP contribution in [-0.2, 0) is 6.54 Å². The second kappa shape index (κ2) is 10.8. The van der Waals surface area contributed by atoms with Crippen LogP contribution in [0.5, 0.6) is 0 Å². The summed E-state index contributed by atoms with van der Waals surface area (Å²) in [5.74, 6) is 0.425. The minimum atomic E-state index is -1.22. The van der Waals surface area contributed by atoms with Crippen LogP contribution < -0.4 is 11.1 Å². The zero-order chi connectivity index (χ0) is 18.9. The summed E-state index contributed by atoms with van der Waals surface area (Å²) >= 11 is 5.86. The molecule has 1 saturated heterocycles. The van der Waals surface area contributed by atoms with Crippen LogP contribution in [0, 0.1) is 5.92 Å². The number of nitrogens with two attached hydrogens (primary N) is 1. The first-order chi connectivity index (χ1) is 12.5. The van der Waals surface area contributed by atoms with Crippen molar-refractivity contribution in [3.63, 3.8) is 0 Å². The Hall–Kier alpha value is -1.28. The van der Waals surface area contributed by atoms with E-state index in [1.807, 2.05) is 29.2 Å². The van der Waals surface area contributed by atoms with Crippen LogP contribution >= 0.6 is 11.6 Å². The molecule has 1 fully saturated rings. The van der Waals surface area contributed by atoms with Gasteiger partial charge in [0.15, 0.2) is 0 Å². The second-order valence-electron chi connectivity index (χ2n) is 7.04. The Kier molecular flexibility index (Phi) is 8.71. The van der Waals surface area contributed by atoms with Gasteiger partial charge in [0.1, 0.15) is 0 Å². The molecule has 0 spiro atoms. The van der Waals surface area contributed by atoms with Crippen molar-refractivity contribution < 1.29 is 14.8 Å². The molecule has 0 bridgehead atoms. The summed E-state index contributed by atoms with van der Waals surface area (Å²) in [6.07, 6.45) is 4.80. The van der Waals surface area contributed by atoms with Gasteiger partial charge in [-0.3, -0.25) is 0 Å². The number of amides is 2. The van der Waals surface area contributed by atoms with Gasteiger partial charge in [0.05, 0.1) is 0 Å².